The van der Waals surface area contributed by atoms with Gasteiger partial charge in [0.15, 0.2) is 0 Å². The molecule has 0 amide bonds. The van der Waals surface area contributed by atoms with Crippen LogP contribution in [0.2, 0.25) is 0 Å². The average molecular weight is 242 g/mol. The number of nitrogens with two attached hydrogens (primary N) is 1. The molecule has 0 atom stereocenters. The molecule has 17 heavy (non-hydrogen) atoms. The van der Waals surface area contributed by atoms with Crippen LogP contribution in [0.5, 0.6) is 0 Å². The molecular formula is C12H10N4S. The Labute approximate surface area is 102 Å². The van der Waals surface area contributed by atoms with Crippen molar-refractivity contribution in [3.63, 3.8) is 0 Å². The molecule has 0 fully saturated rings. The standard InChI is InChI=1S/C12H10N4S/c13-11-9-3-6-17-12(9)16-10(15-11)7-8-1-4-14-5-2-8/h1-6H,7H2,(H2,13,15,16). The summed E-state index contributed by atoms with van der Waals surface area (Å²) in [7, 11) is 0. The van der Waals surface area contributed by atoms with Crippen LogP contribution in [-0.2, 0) is 6.42 Å². The average Bonchev–Trinajstić information content (AvgIpc) is 2.79. The third kappa shape index (κ3) is 1.97. The zero-order valence-electron chi connectivity index (χ0n) is 9.00. The van der Waals surface area contributed by atoms with Gasteiger partial charge in [0.05, 0.1) is 5.39 Å². The molecule has 3 aromatic rings. The largest absolute Gasteiger partial charge is 0.383 e. The van der Waals surface area contributed by atoms with Gasteiger partial charge >= 0.3 is 0 Å². The summed E-state index contributed by atoms with van der Waals surface area (Å²) < 4.78 is 0. The van der Waals surface area contributed by atoms with Crippen molar-refractivity contribution in [2.45, 2.75) is 6.42 Å². The van der Waals surface area contributed by atoms with E-state index in [4.69, 9.17) is 5.73 Å². The van der Waals surface area contributed by atoms with Gasteiger partial charge in [-0.1, -0.05) is 0 Å². The summed E-state index contributed by atoms with van der Waals surface area (Å²) in [5.74, 6) is 1.31. The Morgan fingerprint density at radius 3 is 2.76 bits per heavy atom. The Hall–Kier alpha value is -2.01. The molecule has 3 heterocycles. The first kappa shape index (κ1) is 10.2. The summed E-state index contributed by atoms with van der Waals surface area (Å²) in [5, 5.41) is 2.92. The molecule has 0 saturated heterocycles. The SMILES string of the molecule is Nc1nc(Cc2ccncc2)nc2sccc12. The molecule has 3 aromatic heterocycles. The highest BCUT2D eigenvalue weighted by Crippen LogP contribution is 2.23. The Bertz CT molecular complexity index is 648. The van der Waals surface area contributed by atoms with Gasteiger partial charge in [0.25, 0.3) is 0 Å². The lowest BCUT2D eigenvalue weighted by Gasteiger charge is -2.02. The molecular weight excluding hydrogens is 232 g/mol. The molecule has 0 aromatic carbocycles. The highest BCUT2D eigenvalue weighted by atomic mass is 32.1. The maximum Gasteiger partial charge on any atom is 0.136 e. The number of aromatic nitrogens is 3. The predicted octanol–water partition coefficient (Wildman–Crippen LogP) is 2.26. The summed E-state index contributed by atoms with van der Waals surface area (Å²) in [6.45, 7) is 0. The summed E-state index contributed by atoms with van der Waals surface area (Å²) in [5.41, 5.74) is 7.03. The second kappa shape index (κ2) is 4.10. The Kier molecular flexibility index (Phi) is 2.45. The molecule has 3 rings (SSSR count). The molecule has 0 spiro atoms. The van der Waals surface area contributed by atoms with Gasteiger partial charge in [-0.25, -0.2) is 9.97 Å². The second-order valence-corrected chi connectivity index (χ2v) is 4.59. The van der Waals surface area contributed by atoms with E-state index in [1.54, 1.807) is 23.7 Å². The van der Waals surface area contributed by atoms with Crippen LogP contribution in [0.15, 0.2) is 36.0 Å². The van der Waals surface area contributed by atoms with Crippen LogP contribution in [0.25, 0.3) is 10.2 Å². The molecule has 0 radical (unpaired) electrons. The van der Waals surface area contributed by atoms with Gasteiger partial charge in [0, 0.05) is 18.8 Å². The van der Waals surface area contributed by atoms with Crippen molar-refractivity contribution in [2.75, 3.05) is 5.73 Å². The van der Waals surface area contributed by atoms with Crippen LogP contribution in [0, 0.1) is 0 Å². The number of hydrogen-bond donors (Lipinski definition) is 1. The van der Waals surface area contributed by atoms with E-state index in [0.29, 0.717) is 12.2 Å². The quantitative estimate of drug-likeness (QED) is 0.748. The van der Waals surface area contributed by atoms with Crippen molar-refractivity contribution in [1.82, 2.24) is 15.0 Å². The molecule has 0 aliphatic rings. The van der Waals surface area contributed by atoms with Crippen LogP contribution in [-0.4, -0.2) is 15.0 Å². The second-order valence-electron chi connectivity index (χ2n) is 3.70. The summed E-state index contributed by atoms with van der Waals surface area (Å²) >= 11 is 1.58. The first-order valence-corrected chi connectivity index (χ1v) is 6.09. The van der Waals surface area contributed by atoms with E-state index in [-0.39, 0.29) is 0 Å². The smallest absolute Gasteiger partial charge is 0.136 e. The fraction of sp³-hybridized carbons (Fsp3) is 0.0833. The van der Waals surface area contributed by atoms with E-state index >= 15 is 0 Å². The Morgan fingerprint density at radius 2 is 1.94 bits per heavy atom. The lowest BCUT2D eigenvalue weighted by Crippen LogP contribution is -2.00. The summed E-state index contributed by atoms with van der Waals surface area (Å²) in [6, 6.07) is 5.86. The number of rotatable bonds is 2. The lowest BCUT2D eigenvalue weighted by atomic mass is 10.2. The molecule has 0 bridgehead atoms. The fourth-order valence-corrected chi connectivity index (χ4v) is 2.48. The van der Waals surface area contributed by atoms with E-state index < -0.39 is 0 Å². The lowest BCUT2D eigenvalue weighted by molar-refractivity contribution is 0.997. The van der Waals surface area contributed by atoms with Crippen molar-refractivity contribution in [1.29, 1.82) is 0 Å². The van der Waals surface area contributed by atoms with E-state index in [0.717, 1.165) is 21.6 Å². The fourth-order valence-electron chi connectivity index (χ4n) is 1.69. The molecule has 0 aliphatic heterocycles. The third-order valence-corrected chi connectivity index (χ3v) is 3.32. The minimum Gasteiger partial charge on any atom is -0.383 e. The first-order chi connectivity index (χ1) is 8.33. The predicted molar refractivity (Wildman–Crippen MR) is 68.9 cm³/mol. The molecule has 84 valence electrons. The Balaban J connectivity index is 2.01. The van der Waals surface area contributed by atoms with Crippen LogP contribution >= 0.6 is 11.3 Å². The highest BCUT2D eigenvalue weighted by molar-refractivity contribution is 7.16. The van der Waals surface area contributed by atoms with Crippen molar-refractivity contribution in [2.24, 2.45) is 0 Å². The summed E-state index contributed by atoms with van der Waals surface area (Å²) in [6.07, 6.45) is 4.21. The maximum atomic E-state index is 5.90. The monoisotopic (exact) mass is 242 g/mol. The van der Waals surface area contributed by atoms with E-state index in [1.165, 1.54) is 0 Å². The number of thiophene rings is 1. The molecule has 4 nitrogen and oxygen atoms in total. The van der Waals surface area contributed by atoms with Gasteiger partial charge < -0.3 is 5.73 Å². The molecule has 2 N–H and O–H groups in total. The topological polar surface area (TPSA) is 64.7 Å². The van der Waals surface area contributed by atoms with Gasteiger partial charge in [0.1, 0.15) is 16.5 Å². The van der Waals surface area contributed by atoms with Crippen LogP contribution in [0.3, 0.4) is 0 Å². The minimum atomic E-state index is 0.556. The van der Waals surface area contributed by atoms with Crippen LogP contribution in [0.4, 0.5) is 5.82 Å². The number of anilines is 1. The maximum absolute atomic E-state index is 5.90. The number of pyridine rings is 1. The number of hydrogen-bond acceptors (Lipinski definition) is 5. The van der Waals surface area contributed by atoms with Gasteiger partial charge in [-0.3, -0.25) is 4.98 Å². The van der Waals surface area contributed by atoms with E-state index in [1.807, 2.05) is 23.6 Å². The van der Waals surface area contributed by atoms with Crippen molar-refractivity contribution < 1.29 is 0 Å². The van der Waals surface area contributed by atoms with Gasteiger partial charge in [-0.15, -0.1) is 11.3 Å². The van der Waals surface area contributed by atoms with E-state index in [9.17, 15) is 0 Å². The number of nitrogen functional groups attached to an aromatic ring is 1. The number of fused-ring (bicyclic) bond motifs is 1. The minimum absolute atomic E-state index is 0.556. The third-order valence-electron chi connectivity index (χ3n) is 2.51. The summed E-state index contributed by atoms with van der Waals surface area (Å²) in [4.78, 5) is 13.7. The zero-order valence-corrected chi connectivity index (χ0v) is 9.81. The number of nitrogens with zero attached hydrogens (tertiary/aromatic N) is 3. The van der Waals surface area contributed by atoms with Crippen molar-refractivity contribution in [3.8, 4) is 0 Å². The van der Waals surface area contributed by atoms with Crippen molar-refractivity contribution in [3.05, 3.63) is 47.4 Å². The molecule has 0 saturated carbocycles. The normalized spacial score (nSPS) is 10.8. The molecule has 0 unspecified atom stereocenters. The highest BCUT2D eigenvalue weighted by Gasteiger charge is 2.06. The van der Waals surface area contributed by atoms with E-state index in [2.05, 4.69) is 15.0 Å². The first-order valence-electron chi connectivity index (χ1n) is 5.21. The Morgan fingerprint density at radius 1 is 1.12 bits per heavy atom. The zero-order chi connectivity index (χ0) is 11.7. The van der Waals surface area contributed by atoms with Crippen molar-refractivity contribution >= 4 is 27.4 Å². The van der Waals surface area contributed by atoms with Crippen LogP contribution < -0.4 is 5.73 Å². The molecule has 5 heteroatoms. The molecule has 0 aliphatic carbocycles. The van der Waals surface area contributed by atoms with Gasteiger partial charge in [0.2, 0.25) is 0 Å². The van der Waals surface area contributed by atoms with Gasteiger partial charge in [-0.05, 0) is 29.1 Å². The van der Waals surface area contributed by atoms with Gasteiger partial charge in [-0.2, -0.15) is 0 Å². The van der Waals surface area contributed by atoms with Crippen LogP contribution in [0.1, 0.15) is 11.4 Å².